The maximum atomic E-state index is 11.9. The summed E-state index contributed by atoms with van der Waals surface area (Å²) in [6, 6.07) is -0.259. The van der Waals surface area contributed by atoms with Crippen LogP contribution >= 0.6 is 15.9 Å². The van der Waals surface area contributed by atoms with Gasteiger partial charge in [0.15, 0.2) is 0 Å². The van der Waals surface area contributed by atoms with Crippen LogP contribution in [0.25, 0.3) is 0 Å². The molecule has 0 aliphatic rings. The number of amides is 1. The van der Waals surface area contributed by atoms with E-state index in [0.29, 0.717) is 11.8 Å². The molecule has 0 aliphatic heterocycles. The maximum Gasteiger partial charge on any atom is 0.242 e. The van der Waals surface area contributed by atoms with Gasteiger partial charge in [-0.3, -0.25) is 4.79 Å². The van der Waals surface area contributed by atoms with Crippen molar-refractivity contribution in [2.75, 3.05) is 17.2 Å². The first-order chi connectivity index (χ1) is 9.43. The minimum atomic E-state index is -0.373. The number of halogens is 1. The molecule has 0 radical (unpaired) electrons. The van der Waals surface area contributed by atoms with Crippen LogP contribution in [0.1, 0.15) is 34.1 Å². The van der Waals surface area contributed by atoms with E-state index >= 15 is 0 Å². The SMILES string of the molecule is CCCNc1ncc(Br)c(NC(C)C(=O)NC(C)C)n1. The van der Waals surface area contributed by atoms with Gasteiger partial charge in [-0.1, -0.05) is 6.92 Å². The molecule has 0 bridgehead atoms. The van der Waals surface area contributed by atoms with Crippen LogP contribution in [0.3, 0.4) is 0 Å². The highest BCUT2D eigenvalue weighted by molar-refractivity contribution is 9.10. The zero-order valence-electron chi connectivity index (χ0n) is 12.3. The van der Waals surface area contributed by atoms with Gasteiger partial charge in [0.25, 0.3) is 0 Å². The summed E-state index contributed by atoms with van der Waals surface area (Å²) < 4.78 is 0.726. The standard InChI is InChI=1S/C13H22BrN5O/c1-5-6-15-13-16-7-10(14)11(19-13)18-9(4)12(20)17-8(2)3/h7-9H,5-6H2,1-4H3,(H,17,20)(H2,15,16,18,19). The molecule has 0 saturated carbocycles. The van der Waals surface area contributed by atoms with Gasteiger partial charge >= 0.3 is 0 Å². The monoisotopic (exact) mass is 343 g/mol. The van der Waals surface area contributed by atoms with Crippen LogP contribution in [-0.2, 0) is 4.79 Å². The lowest BCUT2D eigenvalue weighted by atomic mass is 10.3. The van der Waals surface area contributed by atoms with E-state index in [0.717, 1.165) is 17.4 Å². The Kier molecular flexibility index (Phi) is 6.70. The molecule has 20 heavy (non-hydrogen) atoms. The average molecular weight is 344 g/mol. The zero-order chi connectivity index (χ0) is 15.1. The van der Waals surface area contributed by atoms with Crippen molar-refractivity contribution in [2.45, 2.75) is 46.2 Å². The van der Waals surface area contributed by atoms with Crippen LogP contribution in [0.2, 0.25) is 0 Å². The first-order valence-corrected chi connectivity index (χ1v) is 7.56. The van der Waals surface area contributed by atoms with E-state index in [1.165, 1.54) is 0 Å². The van der Waals surface area contributed by atoms with Gasteiger partial charge in [-0.05, 0) is 43.1 Å². The van der Waals surface area contributed by atoms with Gasteiger partial charge < -0.3 is 16.0 Å². The fourth-order valence-corrected chi connectivity index (χ4v) is 1.78. The van der Waals surface area contributed by atoms with Crippen molar-refractivity contribution >= 4 is 33.6 Å². The summed E-state index contributed by atoms with van der Waals surface area (Å²) >= 11 is 3.38. The van der Waals surface area contributed by atoms with Gasteiger partial charge in [0.05, 0.1) is 4.47 Å². The Labute approximate surface area is 128 Å². The molecule has 1 rings (SSSR count). The molecule has 0 spiro atoms. The van der Waals surface area contributed by atoms with E-state index in [4.69, 9.17) is 0 Å². The van der Waals surface area contributed by atoms with Crippen molar-refractivity contribution < 1.29 is 4.79 Å². The third kappa shape index (κ3) is 5.32. The second kappa shape index (κ2) is 8.04. The van der Waals surface area contributed by atoms with Gasteiger partial charge in [0.1, 0.15) is 11.9 Å². The Morgan fingerprint density at radius 1 is 1.40 bits per heavy atom. The molecule has 1 heterocycles. The van der Waals surface area contributed by atoms with Gasteiger partial charge in [-0.25, -0.2) is 4.98 Å². The van der Waals surface area contributed by atoms with Gasteiger partial charge in [0, 0.05) is 18.8 Å². The highest BCUT2D eigenvalue weighted by atomic mass is 79.9. The van der Waals surface area contributed by atoms with Gasteiger partial charge in [-0.15, -0.1) is 0 Å². The molecule has 0 fully saturated rings. The van der Waals surface area contributed by atoms with Crippen LogP contribution in [-0.4, -0.2) is 34.5 Å². The van der Waals surface area contributed by atoms with Crippen molar-refractivity contribution in [3.63, 3.8) is 0 Å². The summed E-state index contributed by atoms with van der Waals surface area (Å²) in [7, 11) is 0. The minimum Gasteiger partial charge on any atom is -0.358 e. The van der Waals surface area contributed by atoms with E-state index in [-0.39, 0.29) is 18.0 Å². The molecule has 1 aromatic rings. The van der Waals surface area contributed by atoms with Crippen molar-refractivity contribution in [1.29, 1.82) is 0 Å². The summed E-state index contributed by atoms with van der Waals surface area (Å²) in [5.41, 5.74) is 0. The summed E-state index contributed by atoms with van der Waals surface area (Å²) in [5, 5.41) is 9.05. The largest absolute Gasteiger partial charge is 0.358 e. The molecule has 0 saturated heterocycles. The fraction of sp³-hybridized carbons (Fsp3) is 0.615. The topological polar surface area (TPSA) is 78.9 Å². The summed E-state index contributed by atoms with van der Waals surface area (Å²) in [4.78, 5) is 20.4. The molecular formula is C13H22BrN5O. The smallest absolute Gasteiger partial charge is 0.242 e. The van der Waals surface area contributed by atoms with E-state index in [1.54, 1.807) is 13.1 Å². The lowest BCUT2D eigenvalue weighted by molar-refractivity contribution is -0.122. The van der Waals surface area contributed by atoms with E-state index < -0.39 is 0 Å². The van der Waals surface area contributed by atoms with E-state index in [9.17, 15) is 4.79 Å². The normalized spacial score (nSPS) is 12.1. The highest BCUT2D eigenvalue weighted by Gasteiger charge is 2.15. The minimum absolute atomic E-state index is 0.0615. The number of nitrogens with zero attached hydrogens (tertiary/aromatic N) is 2. The Morgan fingerprint density at radius 2 is 2.10 bits per heavy atom. The third-order valence-corrected chi connectivity index (χ3v) is 3.03. The number of rotatable bonds is 7. The molecule has 1 unspecified atom stereocenters. The zero-order valence-corrected chi connectivity index (χ0v) is 13.9. The summed E-state index contributed by atoms with van der Waals surface area (Å²) in [6.07, 6.45) is 2.66. The predicted octanol–water partition coefficient (Wildman–Crippen LogP) is 2.39. The first-order valence-electron chi connectivity index (χ1n) is 6.77. The number of anilines is 2. The lowest BCUT2D eigenvalue weighted by Crippen LogP contribution is -2.41. The Bertz CT molecular complexity index is 452. The third-order valence-electron chi connectivity index (χ3n) is 2.45. The molecule has 1 atom stereocenters. The molecule has 3 N–H and O–H groups in total. The van der Waals surface area contributed by atoms with Crippen LogP contribution in [0.4, 0.5) is 11.8 Å². The molecule has 112 valence electrons. The highest BCUT2D eigenvalue weighted by Crippen LogP contribution is 2.20. The molecule has 7 heteroatoms. The van der Waals surface area contributed by atoms with Crippen LogP contribution in [0, 0.1) is 0 Å². The van der Waals surface area contributed by atoms with E-state index in [2.05, 4.69) is 48.8 Å². The second-order valence-corrected chi connectivity index (χ2v) is 5.70. The number of carbonyl (C=O) groups excluding carboxylic acids is 1. The van der Waals surface area contributed by atoms with Gasteiger partial charge in [-0.2, -0.15) is 4.98 Å². The number of nitrogens with one attached hydrogen (secondary N) is 3. The molecule has 1 amide bonds. The molecule has 0 aliphatic carbocycles. The van der Waals surface area contributed by atoms with Crippen molar-refractivity contribution in [3.8, 4) is 0 Å². The maximum absolute atomic E-state index is 11.9. The number of hydrogen-bond donors (Lipinski definition) is 3. The predicted molar refractivity (Wildman–Crippen MR) is 84.9 cm³/mol. The van der Waals surface area contributed by atoms with E-state index in [1.807, 2.05) is 13.8 Å². The molecule has 0 aromatic carbocycles. The molecule has 6 nitrogen and oxygen atoms in total. The van der Waals surface area contributed by atoms with Crippen LogP contribution in [0.15, 0.2) is 10.7 Å². The Morgan fingerprint density at radius 3 is 2.70 bits per heavy atom. The molecular weight excluding hydrogens is 322 g/mol. The van der Waals surface area contributed by atoms with Crippen LogP contribution in [0.5, 0.6) is 0 Å². The van der Waals surface area contributed by atoms with Crippen molar-refractivity contribution in [1.82, 2.24) is 15.3 Å². The van der Waals surface area contributed by atoms with Crippen molar-refractivity contribution in [2.24, 2.45) is 0 Å². The first kappa shape index (κ1) is 16.7. The van der Waals surface area contributed by atoms with Crippen LogP contribution < -0.4 is 16.0 Å². The number of aromatic nitrogens is 2. The quantitative estimate of drug-likeness (QED) is 0.708. The fourth-order valence-electron chi connectivity index (χ4n) is 1.47. The lowest BCUT2D eigenvalue weighted by Gasteiger charge is -2.17. The van der Waals surface area contributed by atoms with Gasteiger partial charge in [0.2, 0.25) is 11.9 Å². The number of hydrogen-bond acceptors (Lipinski definition) is 5. The summed E-state index contributed by atoms with van der Waals surface area (Å²) in [6.45, 7) is 8.54. The Balaban J connectivity index is 2.72. The average Bonchev–Trinajstić information content (AvgIpc) is 2.38. The van der Waals surface area contributed by atoms with Crippen molar-refractivity contribution in [3.05, 3.63) is 10.7 Å². The second-order valence-electron chi connectivity index (χ2n) is 4.85. The molecule has 1 aromatic heterocycles. The summed E-state index contributed by atoms with van der Waals surface area (Å²) in [5.74, 6) is 1.09. The number of carbonyl (C=O) groups is 1. The Hall–Kier alpha value is -1.37.